The first-order chi connectivity index (χ1) is 20.1. The molecule has 1 aliphatic carbocycles. The molecule has 4 aromatic rings. The van der Waals surface area contributed by atoms with E-state index in [0.29, 0.717) is 67.0 Å². The number of hydrogen-bond donors (Lipinski definition) is 0. The molecule has 0 bridgehead atoms. The molecule has 212 valence electrons. The van der Waals surface area contributed by atoms with E-state index in [2.05, 4.69) is 34.1 Å². The van der Waals surface area contributed by atoms with Gasteiger partial charge in [-0.15, -0.1) is 11.3 Å². The second kappa shape index (κ2) is 11.3. The van der Waals surface area contributed by atoms with E-state index in [-0.39, 0.29) is 5.82 Å². The molecule has 41 heavy (non-hydrogen) atoms. The van der Waals surface area contributed by atoms with Crippen molar-refractivity contribution in [1.29, 1.82) is 0 Å². The maximum absolute atomic E-state index is 15.3. The van der Waals surface area contributed by atoms with Crippen LogP contribution < -0.4 is 14.5 Å². The average Bonchev–Trinajstić information content (AvgIpc) is 3.55. The van der Waals surface area contributed by atoms with Crippen LogP contribution in [0.4, 0.5) is 20.6 Å². The monoisotopic (exact) mass is 573 g/mol. The molecule has 2 aliphatic heterocycles. The van der Waals surface area contributed by atoms with E-state index in [1.165, 1.54) is 23.0 Å². The fraction of sp³-hybridized carbons (Fsp3) is 0.355. The third kappa shape index (κ3) is 5.59. The molecular formula is C31H32FN5O3S. The van der Waals surface area contributed by atoms with Gasteiger partial charge in [-0.1, -0.05) is 12.1 Å². The number of hydrogen-bond acceptors (Lipinski definition) is 7. The third-order valence-electron chi connectivity index (χ3n) is 8.48. The smallest absolute Gasteiger partial charge is 0.399 e. The normalized spacial score (nSPS) is 22.0. The summed E-state index contributed by atoms with van der Waals surface area (Å²) < 4.78 is 28.4. The van der Waals surface area contributed by atoms with Crippen LogP contribution in [0.3, 0.4) is 0 Å². The summed E-state index contributed by atoms with van der Waals surface area (Å²) in [7, 11) is 0. The molecule has 1 saturated carbocycles. The van der Waals surface area contributed by atoms with Crippen LogP contribution in [0, 0.1) is 23.6 Å². The zero-order valence-electron chi connectivity index (χ0n) is 22.6. The number of ether oxygens (including phenoxy) is 2. The topological polar surface area (TPSA) is 63.1 Å². The van der Waals surface area contributed by atoms with Crippen LogP contribution >= 0.6 is 11.3 Å². The van der Waals surface area contributed by atoms with Gasteiger partial charge >= 0.3 is 6.09 Å². The maximum Gasteiger partial charge on any atom is 0.420 e. The average molecular weight is 574 g/mol. The van der Waals surface area contributed by atoms with E-state index in [9.17, 15) is 4.79 Å². The Morgan fingerprint density at radius 1 is 1.10 bits per heavy atom. The minimum atomic E-state index is -0.467. The standard InChI is InChI=1S/C31H32FN5O3S/c32-28-16-24(7-8-29(28)35-11-13-39-14-12-35)37(31(38)40-30-2-1-15-41-30)20-27-25-18-34(19-26(25)27)17-22-3-5-23(6-4-22)36-10-9-33-21-36/h1-10,15-16,21,25-27H,11-14,17-20H2. The van der Waals surface area contributed by atoms with Gasteiger partial charge in [0.25, 0.3) is 0 Å². The number of benzene rings is 2. The Kier molecular flexibility index (Phi) is 7.20. The van der Waals surface area contributed by atoms with Gasteiger partial charge in [0.2, 0.25) is 0 Å². The number of rotatable bonds is 8. The van der Waals surface area contributed by atoms with Crippen molar-refractivity contribution in [3.8, 4) is 10.8 Å². The lowest BCUT2D eigenvalue weighted by molar-refractivity contribution is 0.122. The Bertz CT molecular complexity index is 1460. The lowest BCUT2D eigenvalue weighted by Crippen LogP contribution is -2.38. The highest BCUT2D eigenvalue weighted by Crippen LogP contribution is 2.52. The first-order valence-corrected chi connectivity index (χ1v) is 14.9. The number of likely N-dealkylation sites (tertiary alicyclic amines) is 1. The molecule has 3 aliphatic rings. The fourth-order valence-corrected chi connectivity index (χ4v) is 6.83. The molecule has 0 spiro atoms. The first kappa shape index (κ1) is 26.2. The molecule has 2 aromatic heterocycles. The number of fused-ring (bicyclic) bond motifs is 1. The Morgan fingerprint density at radius 3 is 2.59 bits per heavy atom. The maximum atomic E-state index is 15.3. The molecule has 4 heterocycles. The number of morpholine rings is 1. The number of anilines is 2. The van der Waals surface area contributed by atoms with Crippen LogP contribution in [0.2, 0.25) is 0 Å². The van der Waals surface area contributed by atoms with Gasteiger partial charge in [0, 0.05) is 57.3 Å². The minimum absolute atomic E-state index is 0.334. The highest BCUT2D eigenvalue weighted by molar-refractivity contribution is 7.11. The van der Waals surface area contributed by atoms with Crippen molar-refractivity contribution >= 4 is 28.8 Å². The van der Waals surface area contributed by atoms with E-state index < -0.39 is 6.09 Å². The summed E-state index contributed by atoms with van der Waals surface area (Å²) in [6.07, 6.45) is 5.05. The number of thiophene rings is 1. The summed E-state index contributed by atoms with van der Waals surface area (Å²) in [6, 6.07) is 17.3. The molecule has 1 amide bonds. The Morgan fingerprint density at radius 2 is 1.90 bits per heavy atom. The summed E-state index contributed by atoms with van der Waals surface area (Å²) in [6.45, 7) is 5.88. The summed E-state index contributed by atoms with van der Waals surface area (Å²) in [4.78, 5) is 23.6. The van der Waals surface area contributed by atoms with Crippen LogP contribution in [0.5, 0.6) is 5.06 Å². The van der Waals surface area contributed by atoms with Gasteiger partial charge in [0.15, 0.2) is 5.06 Å². The molecule has 10 heteroatoms. The van der Waals surface area contributed by atoms with Crippen LogP contribution in [0.1, 0.15) is 5.56 Å². The van der Waals surface area contributed by atoms with Gasteiger partial charge < -0.3 is 18.9 Å². The number of carbonyl (C=O) groups is 1. The molecule has 2 unspecified atom stereocenters. The van der Waals surface area contributed by atoms with Crippen LogP contribution in [0.25, 0.3) is 5.69 Å². The Labute approximate surface area is 242 Å². The molecule has 7 rings (SSSR count). The van der Waals surface area contributed by atoms with E-state index in [0.717, 1.165) is 25.3 Å². The Hall–Kier alpha value is -3.73. The van der Waals surface area contributed by atoms with Gasteiger partial charge in [-0.05, 0) is 71.2 Å². The van der Waals surface area contributed by atoms with E-state index in [4.69, 9.17) is 9.47 Å². The predicted molar refractivity (Wildman–Crippen MR) is 156 cm³/mol. The van der Waals surface area contributed by atoms with Gasteiger partial charge in [-0.2, -0.15) is 0 Å². The number of imidazole rings is 1. The number of piperidine rings is 1. The third-order valence-corrected chi connectivity index (χ3v) is 9.23. The number of halogens is 1. The summed E-state index contributed by atoms with van der Waals surface area (Å²) in [5.74, 6) is 1.08. The second-order valence-corrected chi connectivity index (χ2v) is 11.9. The summed E-state index contributed by atoms with van der Waals surface area (Å²) >= 11 is 1.37. The van der Waals surface area contributed by atoms with Crippen molar-refractivity contribution in [2.75, 3.05) is 55.7 Å². The highest BCUT2D eigenvalue weighted by Gasteiger charge is 2.56. The van der Waals surface area contributed by atoms with Gasteiger partial charge in [-0.25, -0.2) is 14.2 Å². The first-order valence-electron chi connectivity index (χ1n) is 14.1. The molecule has 8 nitrogen and oxygen atoms in total. The quantitative estimate of drug-likeness (QED) is 0.285. The van der Waals surface area contributed by atoms with E-state index in [1.807, 2.05) is 33.2 Å². The molecule has 2 aromatic carbocycles. The number of aromatic nitrogens is 2. The largest absolute Gasteiger partial charge is 0.420 e. The summed E-state index contributed by atoms with van der Waals surface area (Å²) in [5, 5.41) is 2.40. The highest BCUT2D eigenvalue weighted by atomic mass is 32.1. The molecule has 2 saturated heterocycles. The molecule has 0 radical (unpaired) electrons. The second-order valence-electron chi connectivity index (χ2n) is 11.0. The lowest BCUT2D eigenvalue weighted by Gasteiger charge is -2.30. The van der Waals surface area contributed by atoms with E-state index >= 15 is 4.39 Å². The van der Waals surface area contributed by atoms with Gasteiger partial charge in [0.1, 0.15) is 5.82 Å². The number of carbonyl (C=O) groups excluding carboxylic acids is 1. The fourth-order valence-electron chi connectivity index (χ4n) is 6.26. The van der Waals surface area contributed by atoms with Crippen molar-refractivity contribution in [3.63, 3.8) is 0 Å². The Balaban J connectivity index is 1.01. The zero-order valence-corrected chi connectivity index (χ0v) is 23.5. The van der Waals surface area contributed by atoms with Gasteiger partial charge in [0.05, 0.1) is 30.9 Å². The molecule has 0 N–H and O–H groups in total. The summed E-state index contributed by atoms with van der Waals surface area (Å²) in [5.41, 5.74) is 3.45. The van der Waals surface area contributed by atoms with Crippen molar-refractivity contribution in [3.05, 3.63) is 90.1 Å². The van der Waals surface area contributed by atoms with Crippen molar-refractivity contribution < 1.29 is 18.7 Å². The van der Waals surface area contributed by atoms with Gasteiger partial charge in [-0.3, -0.25) is 9.80 Å². The van der Waals surface area contributed by atoms with Crippen LogP contribution in [-0.4, -0.2) is 66.5 Å². The van der Waals surface area contributed by atoms with Crippen molar-refractivity contribution in [2.24, 2.45) is 17.8 Å². The SMILES string of the molecule is O=C(Oc1cccs1)N(CC1C2CN(Cc3ccc(-n4ccnc4)cc3)CC21)c1ccc(N2CCOCC2)c(F)c1. The zero-order chi connectivity index (χ0) is 27.8. The van der Waals surface area contributed by atoms with Crippen LogP contribution in [0.15, 0.2) is 78.7 Å². The van der Waals surface area contributed by atoms with Crippen molar-refractivity contribution in [1.82, 2.24) is 14.5 Å². The van der Waals surface area contributed by atoms with E-state index in [1.54, 1.807) is 29.6 Å². The van der Waals surface area contributed by atoms with Crippen LogP contribution in [-0.2, 0) is 11.3 Å². The molecule has 2 atom stereocenters. The minimum Gasteiger partial charge on any atom is -0.399 e. The molecular weight excluding hydrogens is 541 g/mol. The predicted octanol–water partition coefficient (Wildman–Crippen LogP) is 5.29. The number of nitrogens with zero attached hydrogens (tertiary/aromatic N) is 5. The van der Waals surface area contributed by atoms with Crippen molar-refractivity contribution in [2.45, 2.75) is 6.54 Å². The number of amides is 1. The molecule has 3 fully saturated rings. The lowest BCUT2D eigenvalue weighted by atomic mass is 10.1.